The fraction of sp³-hybridized carbons (Fsp3) is 0.588. The molecule has 0 aromatic heterocycles. The second-order valence-electron chi connectivity index (χ2n) is 6.53. The van der Waals surface area contributed by atoms with Crippen LogP contribution in [0.5, 0.6) is 0 Å². The molecule has 23 heavy (non-hydrogen) atoms. The van der Waals surface area contributed by atoms with Gasteiger partial charge in [-0.25, -0.2) is 8.78 Å². The number of likely N-dealkylation sites (tertiary alicyclic amines) is 2. The van der Waals surface area contributed by atoms with Gasteiger partial charge in [-0.3, -0.25) is 9.69 Å². The highest BCUT2D eigenvalue weighted by atomic mass is 79.9. The summed E-state index contributed by atoms with van der Waals surface area (Å²) in [4.78, 5) is 16.7. The summed E-state index contributed by atoms with van der Waals surface area (Å²) in [6.45, 7) is 4.61. The molecule has 2 saturated heterocycles. The lowest BCUT2D eigenvalue weighted by Crippen LogP contribution is -2.44. The van der Waals surface area contributed by atoms with E-state index in [0.29, 0.717) is 17.1 Å². The van der Waals surface area contributed by atoms with Crippen LogP contribution >= 0.6 is 15.9 Å². The first-order valence-corrected chi connectivity index (χ1v) is 8.96. The van der Waals surface area contributed by atoms with Crippen LogP contribution in [0.4, 0.5) is 8.78 Å². The van der Waals surface area contributed by atoms with E-state index in [9.17, 15) is 13.6 Å². The van der Waals surface area contributed by atoms with Gasteiger partial charge < -0.3 is 4.90 Å². The van der Waals surface area contributed by atoms with Gasteiger partial charge >= 0.3 is 0 Å². The lowest BCUT2D eigenvalue weighted by Gasteiger charge is -2.31. The van der Waals surface area contributed by atoms with E-state index >= 15 is 0 Å². The smallest absolute Gasteiger partial charge is 0.260 e. The van der Waals surface area contributed by atoms with Gasteiger partial charge in [-0.1, -0.05) is 15.9 Å². The number of hydrogen-bond donors (Lipinski definition) is 0. The molecule has 2 atom stereocenters. The molecule has 2 fully saturated rings. The molecule has 1 aromatic rings. The summed E-state index contributed by atoms with van der Waals surface area (Å²) in [6, 6.07) is 2.85. The van der Waals surface area contributed by atoms with Gasteiger partial charge in [0.2, 0.25) is 0 Å². The number of amides is 1. The second kappa shape index (κ2) is 6.85. The molecular weight excluding hydrogens is 366 g/mol. The summed E-state index contributed by atoms with van der Waals surface area (Å²) in [5.74, 6) is -2.13. The van der Waals surface area contributed by atoms with Gasteiger partial charge in [0.15, 0.2) is 0 Å². The van der Waals surface area contributed by atoms with Gasteiger partial charge in [0.05, 0.1) is 0 Å². The maximum Gasteiger partial charge on any atom is 0.260 e. The summed E-state index contributed by atoms with van der Waals surface area (Å²) >= 11 is 3.04. The Morgan fingerprint density at radius 1 is 1.22 bits per heavy atom. The van der Waals surface area contributed by atoms with Crippen molar-refractivity contribution in [1.82, 2.24) is 9.80 Å². The molecule has 126 valence electrons. The predicted molar refractivity (Wildman–Crippen MR) is 88.4 cm³/mol. The average molecular weight is 387 g/mol. The SMILES string of the molecule is C[C@H]1CCCN1C[C@@H]1CCCN1C(=O)c1c(F)cc(Br)cc1F. The van der Waals surface area contributed by atoms with Crippen molar-refractivity contribution in [3.63, 3.8) is 0 Å². The minimum Gasteiger partial charge on any atom is -0.334 e. The van der Waals surface area contributed by atoms with Crippen molar-refractivity contribution in [2.45, 2.75) is 44.7 Å². The third-order valence-corrected chi connectivity index (χ3v) is 5.45. The summed E-state index contributed by atoms with van der Waals surface area (Å²) in [5, 5.41) is 0. The summed E-state index contributed by atoms with van der Waals surface area (Å²) in [5.41, 5.74) is -0.436. The first-order valence-electron chi connectivity index (χ1n) is 8.17. The molecule has 2 aliphatic heterocycles. The van der Waals surface area contributed by atoms with Gasteiger partial charge in [-0.15, -0.1) is 0 Å². The minimum absolute atomic E-state index is 0.0468. The normalized spacial score (nSPS) is 25.3. The quantitative estimate of drug-likeness (QED) is 0.788. The Labute approximate surface area is 143 Å². The molecule has 6 heteroatoms. The Kier molecular flexibility index (Phi) is 5.01. The summed E-state index contributed by atoms with van der Waals surface area (Å²) < 4.78 is 28.5. The summed E-state index contributed by atoms with van der Waals surface area (Å²) in [6.07, 6.45) is 4.14. The highest BCUT2D eigenvalue weighted by Crippen LogP contribution is 2.27. The van der Waals surface area contributed by atoms with Crippen molar-refractivity contribution in [2.24, 2.45) is 0 Å². The van der Waals surface area contributed by atoms with Gasteiger partial charge in [0.25, 0.3) is 5.91 Å². The van der Waals surface area contributed by atoms with Crippen LogP contribution in [0.3, 0.4) is 0 Å². The molecule has 2 aliphatic rings. The van der Waals surface area contributed by atoms with Crippen LogP contribution in [0.15, 0.2) is 16.6 Å². The van der Waals surface area contributed by atoms with Gasteiger partial charge in [-0.05, 0) is 51.3 Å². The number of carbonyl (C=O) groups excluding carboxylic acids is 1. The van der Waals surface area contributed by atoms with Crippen LogP contribution < -0.4 is 0 Å². The molecule has 0 spiro atoms. The van der Waals surface area contributed by atoms with Crippen LogP contribution in [0.25, 0.3) is 0 Å². The van der Waals surface area contributed by atoms with Crippen LogP contribution in [0.2, 0.25) is 0 Å². The Morgan fingerprint density at radius 2 is 1.87 bits per heavy atom. The van der Waals surface area contributed by atoms with E-state index < -0.39 is 23.1 Å². The zero-order chi connectivity index (χ0) is 16.6. The molecule has 0 saturated carbocycles. The molecule has 0 unspecified atom stereocenters. The van der Waals surface area contributed by atoms with Crippen molar-refractivity contribution in [2.75, 3.05) is 19.6 Å². The largest absolute Gasteiger partial charge is 0.334 e. The molecule has 0 N–H and O–H groups in total. The van der Waals surface area contributed by atoms with Crippen LogP contribution in [0, 0.1) is 11.6 Å². The van der Waals surface area contributed by atoms with E-state index in [1.165, 1.54) is 12.8 Å². The van der Waals surface area contributed by atoms with Crippen LogP contribution in [-0.2, 0) is 0 Å². The molecule has 1 amide bonds. The molecule has 1 aromatic carbocycles. The van der Waals surface area contributed by atoms with Crippen molar-refractivity contribution in [3.05, 3.63) is 33.8 Å². The lowest BCUT2D eigenvalue weighted by molar-refractivity contribution is 0.0687. The average Bonchev–Trinajstić information content (AvgIpc) is 3.08. The van der Waals surface area contributed by atoms with Crippen LogP contribution in [0.1, 0.15) is 43.0 Å². The van der Waals surface area contributed by atoms with E-state index in [0.717, 1.165) is 38.1 Å². The monoisotopic (exact) mass is 386 g/mol. The maximum atomic E-state index is 14.1. The molecule has 0 aliphatic carbocycles. The first-order chi connectivity index (χ1) is 11.0. The molecule has 2 heterocycles. The zero-order valence-corrected chi connectivity index (χ0v) is 14.8. The van der Waals surface area contributed by atoms with Crippen molar-refractivity contribution in [3.8, 4) is 0 Å². The Hall–Kier alpha value is -1.01. The van der Waals surface area contributed by atoms with Crippen molar-refractivity contribution >= 4 is 21.8 Å². The molecule has 0 radical (unpaired) electrons. The van der Waals surface area contributed by atoms with Crippen molar-refractivity contribution in [1.29, 1.82) is 0 Å². The van der Waals surface area contributed by atoms with Crippen molar-refractivity contribution < 1.29 is 13.6 Å². The fourth-order valence-electron chi connectivity index (χ4n) is 3.72. The maximum absolute atomic E-state index is 14.1. The number of nitrogens with zero attached hydrogens (tertiary/aromatic N) is 2. The van der Waals surface area contributed by atoms with Gasteiger partial charge in [0.1, 0.15) is 17.2 Å². The highest BCUT2D eigenvalue weighted by molar-refractivity contribution is 9.10. The highest BCUT2D eigenvalue weighted by Gasteiger charge is 2.35. The number of carbonyl (C=O) groups is 1. The van der Waals surface area contributed by atoms with E-state index in [-0.39, 0.29) is 6.04 Å². The molecule has 0 bridgehead atoms. The lowest BCUT2D eigenvalue weighted by atomic mass is 10.1. The molecule has 3 nitrogen and oxygen atoms in total. The zero-order valence-electron chi connectivity index (χ0n) is 13.2. The Bertz CT molecular complexity index is 587. The fourth-order valence-corrected chi connectivity index (χ4v) is 4.12. The first kappa shape index (κ1) is 16.8. The van der Waals surface area contributed by atoms with Gasteiger partial charge in [0, 0.05) is 29.6 Å². The number of hydrogen-bond acceptors (Lipinski definition) is 2. The minimum atomic E-state index is -0.804. The second-order valence-corrected chi connectivity index (χ2v) is 7.44. The number of halogens is 3. The van der Waals surface area contributed by atoms with E-state index in [1.807, 2.05) is 0 Å². The predicted octanol–water partition coefficient (Wildman–Crippen LogP) is 3.82. The number of benzene rings is 1. The Morgan fingerprint density at radius 3 is 2.48 bits per heavy atom. The third kappa shape index (κ3) is 3.43. The van der Waals surface area contributed by atoms with E-state index in [1.54, 1.807) is 4.90 Å². The standard InChI is InChI=1S/C17H21BrF2N2O/c1-11-4-2-6-21(11)10-13-5-3-7-22(13)17(23)16-14(19)8-12(18)9-15(16)20/h8-9,11,13H,2-7,10H2,1H3/t11-,13-/m0/s1. The molecular formula is C17H21BrF2N2O. The summed E-state index contributed by atoms with van der Waals surface area (Å²) in [7, 11) is 0. The van der Waals surface area contributed by atoms with Gasteiger partial charge in [-0.2, -0.15) is 0 Å². The number of rotatable bonds is 3. The Balaban J connectivity index is 1.78. The van der Waals surface area contributed by atoms with E-state index in [2.05, 4.69) is 27.8 Å². The third-order valence-electron chi connectivity index (χ3n) is 4.99. The topological polar surface area (TPSA) is 23.6 Å². The molecule has 3 rings (SSSR count). The van der Waals surface area contributed by atoms with E-state index in [4.69, 9.17) is 0 Å². The van der Waals surface area contributed by atoms with Crippen LogP contribution in [-0.4, -0.2) is 47.4 Å².